The SMILES string of the molecule is c1coc([C@H](CNCc2ccc(N3CCCCC3)cc2)N2CCCC2)c1. The molecule has 0 bridgehead atoms. The first kappa shape index (κ1) is 17.6. The van der Waals surface area contributed by atoms with Crippen molar-refractivity contribution in [2.45, 2.75) is 44.7 Å². The Bertz CT molecular complexity index is 641. The smallest absolute Gasteiger partial charge is 0.122 e. The summed E-state index contributed by atoms with van der Waals surface area (Å²) in [6.07, 6.45) is 8.43. The van der Waals surface area contributed by atoms with Crippen molar-refractivity contribution < 1.29 is 4.42 Å². The summed E-state index contributed by atoms with van der Waals surface area (Å²) < 4.78 is 5.71. The maximum Gasteiger partial charge on any atom is 0.122 e. The number of benzene rings is 1. The molecule has 2 fully saturated rings. The first-order chi connectivity index (χ1) is 12.9. The van der Waals surface area contributed by atoms with Gasteiger partial charge in [-0.1, -0.05) is 12.1 Å². The van der Waals surface area contributed by atoms with Gasteiger partial charge in [0.25, 0.3) is 0 Å². The summed E-state index contributed by atoms with van der Waals surface area (Å²) in [6.45, 7) is 6.61. The van der Waals surface area contributed by atoms with Crippen molar-refractivity contribution in [3.63, 3.8) is 0 Å². The standard InChI is InChI=1S/C22H31N3O/c1-2-12-24(13-3-1)20-10-8-19(9-11-20)17-23-18-21(22-7-6-16-26-22)25-14-4-5-15-25/h6-11,16,21,23H,1-5,12-15,17-18H2/t21-/m0/s1. The van der Waals surface area contributed by atoms with Crippen LogP contribution in [0.15, 0.2) is 47.1 Å². The summed E-state index contributed by atoms with van der Waals surface area (Å²) in [5, 5.41) is 3.65. The van der Waals surface area contributed by atoms with Gasteiger partial charge in [-0.15, -0.1) is 0 Å². The van der Waals surface area contributed by atoms with E-state index >= 15 is 0 Å². The van der Waals surface area contributed by atoms with E-state index in [1.165, 1.54) is 69.5 Å². The molecule has 4 heteroatoms. The van der Waals surface area contributed by atoms with E-state index in [9.17, 15) is 0 Å². The first-order valence-electron chi connectivity index (χ1n) is 10.2. The van der Waals surface area contributed by atoms with E-state index in [0.717, 1.165) is 18.8 Å². The van der Waals surface area contributed by atoms with E-state index in [4.69, 9.17) is 4.42 Å². The van der Waals surface area contributed by atoms with E-state index in [1.807, 2.05) is 6.07 Å². The maximum absolute atomic E-state index is 5.71. The molecule has 1 atom stereocenters. The molecule has 0 amide bonds. The Balaban J connectivity index is 1.31. The Morgan fingerprint density at radius 2 is 1.62 bits per heavy atom. The lowest BCUT2D eigenvalue weighted by molar-refractivity contribution is 0.209. The van der Waals surface area contributed by atoms with E-state index in [1.54, 1.807) is 6.26 Å². The van der Waals surface area contributed by atoms with E-state index in [-0.39, 0.29) is 0 Å². The lowest BCUT2D eigenvalue weighted by Crippen LogP contribution is -2.33. The van der Waals surface area contributed by atoms with Crippen LogP contribution in [-0.4, -0.2) is 37.6 Å². The van der Waals surface area contributed by atoms with Crippen LogP contribution >= 0.6 is 0 Å². The summed E-state index contributed by atoms with van der Waals surface area (Å²) in [4.78, 5) is 5.06. The molecule has 1 aromatic heterocycles. The van der Waals surface area contributed by atoms with Crippen LogP contribution in [0, 0.1) is 0 Å². The fourth-order valence-electron chi connectivity index (χ4n) is 4.27. The fraction of sp³-hybridized carbons (Fsp3) is 0.545. The molecule has 1 N–H and O–H groups in total. The zero-order valence-electron chi connectivity index (χ0n) is 15.7. The summed E-state index contributed by atoms with van der Waals surface area (Å²) in [7, 11) is 0. The number of anilines is 1. The molecule has 2 saturated heterocycles. The highest BCUT2D eigenvalue weighted by molar-refractivity contribution is 5.47. The lowest BCUT2D eigenvalue weighted by Gasteiger charge is -2.29. The highest BCUT2D eigenvalue weighted by atomic mass is 16.3. The van der Waals surface area contributed by atoms with Crippen molar-refractivity contribution in [1.29, 1.82) is 0 Å². The van der Waals surface area contributed by atoms with Gasteiger partial charge in [0.1, 0.15) is 5.76 Å². The van der Waals surface area contributed by atoms with Crippen molar-refractivity contribution in [3.8, 4) is 0 Å². The van der Waals surface area contributed by atoms with E-state index < -0.39 is 0 Å². The summed E-state index contributed by atoms with van der Waals surface area (Å²) in [6, 6.07) is 13.6. The lowest BCUT2D eigenvalue weighted by atomic mass is 10.1. The van der Waals surface area contributed by atoms with Gasteiger partial charge in [0.2, 0.25) is 0 Å². The molecule has 2 aliphatic heterocycles. The first-order valence-corrected chi connectivity index (χ1v) is 10.2. The molecule has 2 aliphatic rings. The zero-order chi connectivity index (χ0) is 17.6. The Hall–Kier alpha value is -1.78. The molecule has 0 radical (unpaired) electrons. The number of likely N-dealkylation sites (tertiary alicyclic amines) is 1. The van der Waals surface area contributed by atoms with Gasteiger partial charge in [0, 0.05) is 31.9 Å². The van der Waals surface area contributed by atoms with Gasteiger partial charge in [-0.2, -0.15) is 0 Å². The molecule has 4 rings (SSSR count). The molecule has 2 aromatic rings. The number of piperidine rings is 1. The van der Waals surface area contributed by atoms with Gasteiger partial charge in [-0.25, -0.2) is 0 Å². The average Bonchev–Trinajstić information content (AvgIpc) is 3.41. The molecule has 0 spiro atoms. The second-order valence-electron chi connectivity index (χ2n) is 7.62. The molecule has 26 heavy (non-hydrogen) atoms. The Morgan fingerprint density at radius 3 is 2.31 bits per heavy atom. The van der Waals surface area contributed by atoms with Crippen molar-refractivity contribution in [2.24, 2.45) is 0 Å². The third kappa shape index (κ3) is 4.30. The predicted molar refractivity (Wildman–Crippen MR) is 106 cm³/mol. The third-order valence-electron chi connectivity index (χ3n) is 5.78. The molecule has 1 aromatic carbocycles. The largest absolute Gasteiger partial charge is 0.468 e. The summed E-state index contributed by atoms with van der Waals surface area (Å²) in [5.74, 6) is 1.08. The number of furan rings is 1. The van der Waals surface area contributed by atoms with Gasteiger partial charge >= 0.3 is 0 Å². The molecule has 4 nitrogen and oxygen atoms in total. The Kier molecular flexibility index (Phi) is 5.92. The molecule has 0 aliphatic carbocycles. The normalized spacial score (nSPS) is 19.8. The predicted octanol–water partition coefficient (Wildman–Crippen LogP) is 4.20. The fourth-order valence-corrected chi connectivity index (χ4v) is 4.27. The van der Waals surface area contributed by atoms with Crippen LogP contribution in [0.1, 0.15) is 49.5 Å². The van der Waals surface area contributed by atoms with Crippen molar-refractivity contribution in [1.82, 2.24) is 10.2 Å². The van der Waals surface area contributed by atoms with Crippen LogP contribution in [0.4, 0.5) is 5.69 Å². The second-order valence-corrected chi connectivity index (χ2v) is 7.62. The van der Waals surface area contributed by atoms with Crippen molar-refractivity contribution >= 4 is 5.69 Å². The third-order valence-corrected chi connectivity index (χ3v) is 5.78. The number of rotatable bonds is 7. The van der Waals surface area contributed by atoms with E-state index in [0.29, 0.717) is 6.04 Å². The van der Waals surface area contributed by atoms with Crippen LogP contribution in [0.2, 0.25) is 0 Å². The highest BCUT2D eigenvalue weighted by Gasteiger charge is 2.25. The number of nitrogens with one attached hydrogen (secondary N) is 1. The van der Waals surface area contributed by atoms with Crippen LogP contribution in [-0.2, 0) is 6.54 Å². The second kappa shape index (κ2) is 8.74. The minimum absolute atomic E-state index is 0.347. The van der Waals surface area contributed by atoms with Crippen LogP contribution < -0.4 is 10.2 Å². The molecular formula is C22H31N3O. The monoisotopic (exact) mass is 353 g/mol. The zero-order valence-corrected chi connectivity index (χ0v) is 15.7. The van der Waals surface area contributed by atoms with Gasteiger partial charge in [-0.05, 0) is 75.0 Å². The van der Waals surface area contributed by atoms with Crippen LogP contribution in [0.5, 0.6) is 0 Å². The molecule has 140 valence electrons. The molecule has 3 heterocycles. The maximum atomic E-state index is 5.71. The van der Waals surface area contributed by atoms with Crippen LogP contribution in [0.25, 0.3) is 0 Å². The van der Waals surface area contributed by atoms with E-state index in [2.05, 4.69) is 45.4 Å². The molecule has 0 saturated carbocycles. The quantitative estimate of drug-likeness (QED) is 0.808. The number of hydrogen-bond donors (Lipinski definition) is 1. The van der Waals surface area contributed by atoms with Crippen molar-refractivity contribution in [2.75, 3.05) is 37.6 Å². The highest BCUT2D eigenvalue weighted by Crippen LogP contribution is 2.25. The molecule has 0 unspecified atom stereocenters. The van der Waals surface area contributed by atoms with Crippen molar-refractivity contribution in [3.05, 3.63) is 54.0 Å². The van der Waals surface area contributed by atoms with Gasteiger partial charge in [-0.3, -0.25) is 4.90 Å². The van der Waals surface area contributed by atoms with Gasteiger partial charge in [0.15, 0.2) is 0 Å². The Labute approximate surface area is 157 Å². The van der Waals surface area contributed by atoms with Gasteiger partial charge < -0.3 is 14.6 Å². The average molecular weight is 354 g/mol. The number of nitrogens with zero attached hydrogens (tertiary/aromatic N) is 2. The van der Waals surface area contributed by atoms with Crippen LogP contribution in [0.3, 0.4) is 0 Å². The minimum atomic E-state index is 0.347. The van der Waals surface area contributed by atoms with Gasteiger partial charge in [0.05, 0.1) is 12.3 Å². The molecular weight excluding hydrogens is 322 g/mol. The topological polar surface area (TPSA) is 31.7 Å². The Morgan fingerprint density at radius 1 is 0.885 bits per heavy atom. The summed E-state index contributed by atoms with van der Waals surface area (Å²) in [5.41, 5.74) is 2.73. The summed E-state index contributed by atoms with van der Waals surface area (Å²) >= 11 is 0. The number of hydrogen-bond acceptors (Lipinski definition) is 4. The minimum Gasteiger partial charge on any atom is -0.468 e.